The lowest BCUT2D eigenvalue weighted by Crippen LogP contribution is -2.90. The molecule has 2 atom stereocenters. The van der Waals surface area contributed by atoms with E-state index in [9.17, 15) is 14.7 Å². The second-order valence-corrected chi connectivity index (χ2v) is 6.94. The number of esters is 1. The zero-order valence-corrected chi connectivity index (χ0v) is 15.0. The van der Waals surface area contributed by atoms with E-state index < -0.39 is 18.0 Å². The fraction of sp³-hybridized carbons (Fsp3) is 0.263. The highest BCUT2D eigenvalue weighted by Crippen LogP contribution is 2.34. The van der Waals surface area contributed by atoms with Crippen LogP contribution in [0.3, 0.4) is 0 Å². The van der Waals surface area contributed by atoms with E-state index in [0.717, 1.165) is 5.56 Å². The van der Waals surface area contributed by atoms with Crippen molar-refractivity contribution in [1.82, 2.24) is 0 Å². The van der Waals surface area contributed by atoms with Crippen LogP contribution in [-0.4, -0.2) is 30.3 Å². The molecular formula is C19H19NO5S. The summed E-state index contributed by atoms with van der Waals surface area (Å²) in [5.41, 5.74) is 1.36. The van der Waals surface area contributed by atoms with Gasteiger partial charge in [0.15, 0.2) is 16.9 Å². The standard InChI is InChI=1S/C19H19NO5S/c1-2-24-16-10-13(17-20-14(11-26-17)18(21)22)8-9-15(16)25-19(23)12-6-4-3-5-7-12/h3-10,14,17,20H,2,11H2,1H3,(H,21,22)/t14-,17-/m1/s1. The van der Waals surface area contributed by atoms with Crippen molar-refractivity contribution >= 4 is 23.7 Å². The van der Waals surface area contributed by atoms with Gasteiger partial charge in [-0.2, -0.15) is 0 Å². The van der Waals surface area contributed by atoms with Crippen molar-refractivity contribution in [3.05, 3.63) is 59.7 Å². The molecule has 1 fully saturated rings. The number of quaternary nitrogens is 1. The number of carbonyl (C=O) groups excluding carboxylic acids is 2. The normalized spacial score (nSPS) is 19.1. The van der Waals surface area contributed by atoms with Crippen molar-refractivity contribution in [2.45, 2.75) is 18.3 Å². The van der Waals surface area contributed by atoms with E-state index in [2.05, 4.69) is 0 Å². The highest BCUT2D eigenvalue weighted by molar-refractivity contribution is 7.99. The van der Waals surface area contributed by atoms with Gasteiger partial charge in [0, 0.05) is 5.56 Å². The van der Waals surface area contributed by atoms with Crippen LogP contribution in [0, 0.1) is 0 Å². The van der Waals surface area contributed by atoms with E-state index in [0.29, 0.717) is 29.4 Å². The Labute approximate surface area is 155 Å². The molecule has 0 bridgehead atoms. The molecule has 26 heavy (non-hydrogen) atoms. The number of carboxylic acid groups (broad SMARTS) is 1. The Balaban J connectivity index is 1.79. The van der Waals surface area contributed by atoms with Crippen LogP contribution in [0.5, 0.6) is 11.5 Å². The number of benzene rings is 2. The van der Waals surface area contributed by atoms with E-state index in [1.165, 1.54) is 11.8 Å². The van der Waals surface area contributed by atoms with E-state index in [1.54, 1.807) is 41.7 Å². The molecule has 0 amide bonds. The summed E-state index contributed by atoms with van der Waals surface area (Å²) in [6.07, 6.45) is 0. The average molecular weight is 373 g/mol. The lowest BCUT2D eigenvalue weighted by atomic mass is 10.2. The summed E-state index contributed by atoms with van der Waals surface area (Å²) < 4.78 is 11.1. The molecule has 3 rings (SSSR count). The van der Waals surface area contributed by atoms with E-state index >= 15 is 0 Å². The maximum Gasteiger partial charge on any atom is 0.343 e. The van der Waals surface area contributed by atoms with Gasteiger partial charge in [0.1, 0.15) is 12.0 Å². The lowest BCUT2D eigenvalue weighted by Gasteiger charge is -2.15. The average Bonchev–Trinajstić information content (AvgIpc) is 3.14. The van der Waals surface area contributed by atoms with Crippen molar-refractivity contribution in [2.24, 2.45) is 0 Å². The van der Waals surface area contributed by atoms with Gasteiger partial charge in [0.05, 0.1) is 17.9 Å². The fourth-order valence-electron chi connectivity index (χ4n) is 2.67. The lowest BCUT2D eigenvalue weighted by molar-refractivity contribution is -0.690. The van der Waals surface area contributed by atoms with Crippen LogP contribution in [0.4, 0.5) is 0 Å². The third kappa shape index (κ3) is 4.17. The summed E-state index contributed by atoms with van der Waals surface area (Å²) >= 11 is 1.54. The maximum atomic E-state index is 12.3. The summed E-state index contributed by atoms with van der Waals surface area (Å²) in [6, 6.07) is 13.5. The Bertz CT molecular complexity index is 796. The van der Waals surface area contributed by atoms with Crippen LogP contribution in [0.25, 0.3) is 0 Å². The van der Waals surface area contributed by atoms with Crippen molar-refractivity contribution in [3.8, 4) is 11.5 Å². The Kier molecular flexibility index (Phi) is 5.80. The Hall–Kier alpha value is -2.51. The number of carboxylic acids is 1. The van der Waals surface area contributed by atoms with Crippen LogP contribution in [0.2, 0.25) is 0 Å². The first-order chi connectivity index (χ1) is 12.6. The van der Waals surface area contributed by atoms with Crippen molar-refractivity contribution in [2.75, 3.05) is 12.4 Å². The van der Waals surface area contributed by atoms with Gasteiger partial charge in [0.2, 0.25) is 0 Å². The Morgan fingerprint density at radius 3 is 2.62 bits per heavy atom. The second kappa shape index (κ2) is 8.25. The summed E-state index contributed by atoms with van der Waals surface area (Å²) in [5.74, 6) is -0.234. The number of carbonyl (C=O) groups is 2. The monoisotopic (exact) mass is 373 g/mol. The molecule has 6 nitrogen and oxygen atoms in total. The number of rotatable bonds is 6. The van der Waals surface area contributed by atoms with E-state index in [4.69, 9.17) is 9.47 Å². The highest BCUT2D eigenvalue weighted by Gasteiger charge is 2.31. The number of thioether (sulfide) groups is 1. The molecule has 2 aromatic carbocycles. The molecule has 7 heteroatoms. The van der Waals surface area contributed by atoms with Gasteiger partial charge in [-0.05, 0) is 37.3 Å². The predicted octanol–water partition coefficient (Wildman–Crippen LogP) is 0.732. The second-order valence-electron chi connectivity index (χ2n) is 5.77. The molecule has 2 N–H and O–H groups in total. The van der Waals surface area contributed by atoms with Crippen LogP contribution in [0.15, 0.2) is 48.5 Å². The molecule has 1 aliphatic rings. The topological polar surface area (TPSA) is 92.3 Å². The van der Waals surface area contributed by atoms with Gasteiger partial charge >= 0.3 is 5.97 Å². The van der Waals surface area contributed by atoms with Crippen LogP contribution in [0.1, 0.15) is 28.2 Å². The Morgan fingerprint density at radius 2 is 1.96 bits per heavy atom. The molecule has 136 valence electrons. The van der Waals surface area contributed by atoms with E-state index in [1.807, 2.05) is 19.1 Å². The molecule has 0 saturated carbocycles. The minimum atomic E-state index is -1.06. The predicted molar refractivity (Wildman–Crippen MR) is 94.9 cm³/mol. The largest absolute Gasteiger partial charge is 0.544 e. The van der Waals surface area contributed by atoms with Crippen LogP contribution >= 0.6 is 11.8 Å². The van der Waals surface area contributed by atoms with Crippen LogP contribution < -0.4 is 19.9 Å². The number of nitrogens with two attached hydrogens (primary N) is 1. The minimum Gasteiger partial charge on any atom is -0.544 e. The molecule has 0 radical (unpaired) electrons. The van der Waals surface area contributed by atoms with Gasteiger partial charge in [-0.25, -0.2) is 4.79 Å². The minimum absolute atomic E-state index is 0.0593. The van der Waals surface area contributed by atoms with Crippen molar-refractivity contribution < 1.29 is 29.5 Å². The quantitative estimate of drug-likeness (QED) is 0.593. The van der Waals surface area contributed by atoms with Crippen molar-refractivity contribution in [1.29, 1.82) is 0 Å². The van der Waals surface area contributed by atoms with Gasteiger partial charge < -0.3 is 24.7 Å². The number of aliphatic carboxylic acids is 1. The summed E-state index contributed by atoms with van der Waals surface area (Å²) in [4.78, 5) is 23.3. The Morgan fingerprint density at radius 1 is 1.19 bits per heavy atom. The first kappa shape index (κ1) is 18.3. The molecule has 0 spiro atoms. The zero-order chi connectivity index (χ0) is 18.5. The van der Waals surface area contributed by atoms with Crippen molar-refractivity contribution in [3.63, 3.8) is 0 Å². The smallest absolute Gasteiger partial charge is 0.343 e. The number of hydrogen-bond donors (Lipinski definition) is 1. The highest BCUT2D eigenvalue weighted by atomic mass is 32.2. The third-order valence-electron chi connectivity index (χ3n) is 3.97. The molecule has 0 aromatic heterocycles. The van der Waals surface area contributed by atoms with Gasteiger partial charge in [-0.1, -0.05) is 30.0 Å². The number of hydrogen-bond acceptors (Lipinski definition) is 6. The van der Waals surface area contributed by atoms with Gasteiger partial charge in [-0.15, -0.1) is 0 Å². The summed E-state index contributed by atoms with van der Waals surface area (Å²) in [5, 5.41) is 12.7. The molecule has 1 saturated heterocycles. The van der Waals surface area contributed by atoms with Gasteiger partial charge in [-0.3, -0.25) is 0 Å². The molecule has 1 heterocycles. The molecule has 1 aliphatic heterocycles. The first-order valence-corrected chi connectivity index (χ1v) is 9.34. The van der Waals surface area contributed by atoms with Gasteiger partial charge in [0.25, 0.3) is 0 Å². The molecular weight excluding hydrogens is 354 g/mol. The third-order valence-corrected chi connectivity index (χ3v) is 5.31. The zero-order valence-electron chi connectivity index (χ0n) is 14.2. The number of ether oxygens (including phenoxy) is 2. The van der Waals surface area contributed by atoms with E-state index in [-0.39, 0.29) is 5.37 Å². The first-order valence-electron chi connectivity index (χ1n) is 8.30. The molecule has 2 aromatic rings. The molecule has 0 unspecified atom stereocenters. The summed E-state index contributed by atoms with van der Waals surface area (Å²) in [6.45, 7) is 2.26. The van der Waals surface area contributed by atoms with Crippen LogP contribution in [-0.2, 0) is 4.79 Å². The summed E-state index contributed by atoms with van der Waals surface area (Å²) in [7, 11) is 0. The molecule has 0 aliphatic carbocycles. The maximum absolute atomic E-state index is 12.3. The SMILES string of the molecule is CCOc1cc([C@@H]2[NH2+][C@@H](C(=O)[O-])CS2)ccc1OC(=O)c1ccccc1. The fourth-order valence-corrected chi connectivity index (χ4v) is 3.97.